The van der Waals surface area contributed by atoms with Gasteiger partial charge in [-0.1, -0.05) is 25.1 Å². The molecule has 0 bridgehead atoms. The second-order valence-electron chi connectivity index (χ2n) is 7.45. The zero-order valence-electron chi connectivity index (χ0n) is 15.0. The molecule has 1 saturated carbocycles. The molecule has 1 aromatic carbocycles. The van der Waals surface area contributed by atoms with Crippen molar-refractivity contribution >= 4 is 12.0 Å². The van der Waals surface area contributed by atoms with Crippen molar-refractivity contribution in [3.05, 3.63) is 41.0 Å². The monoisotopic (exact) mass is 342 g/mol. The van der Waals surface area contributed by atoms with E-state index in [1.54, 1.807) is 0 Å². The largest absolute Gasteiger partial charge is 0.465 e. The van der Waals surface area contributed by atoms with Crippen LogP contribution in [-0.4, -0.2) is 32.1 Å². The average Bonchev–Trinajstić information content (AvgIpc) is 3.03. The van der Waals surface area contributed by atoms with Crippen molar-refractivity contribution in [2.24, 2.45) is 5.92 Å². The van der Waals surface area contributed by atoms with Gasteiger partial charge in [-0.3, -0.25) is 0 Å². The van der Waals surface area contributed by atoms with Crippen molar-refractivity contribution in [1.82, 2.24) is 0 Å². The summed E-state index contributed by atoms with van der Waals surface area (Å²) in [6.45, 7) is 3.70. The first-order valence-electron chi connectivity index (χ1n) is 9.30. The highest BCUT2D eigenvalue weighted by Crippen LogP contribution is 2.54. The maximum atomic E-state index is 11.9. The summed E-state index contributed by atoms with van der Waals surface area (Å²) in [4.78, 5) is 11.9. The van der Waals surface area contributed by atoms with Crippen LogP contribution in [0, 0.1) is 5.92 Å². The van der Waals surface area contributed by atoms with Crippen LogP contribution >= 0.6 is 0 Å². The molecular weight excluding hydrogens is 316 g/mol. The van der Waals surface area contributed by atoms with Gasteiger partial charge in [-0.25, -0.2) is 4.79 Å². The van der Waals surface area contributed by atoms with Crippen LogP contribution in [0.1, 0.15) is 60.5 Å². The molecular formula is C21H26O4. The molecule has 3 aliphatic rings. The van der Waals surface area contributed by atoms with Gasteiger partial charge in [-0.2, -0.15) is 0 Å². The van der Waals surface area contributed by atoms with Crippen LogP contribution in [-0.2, 0) is 19.6 Å². The predicted molar refractivity (Wildman–Crippen MR) is 95.4 cm³/mol. The van der Waals surface area contributed by atoms with Crippen LogP contribution in [0.4, 0.5) is 0 Å². The van der Waals surface area contributed by atoms with Gasteiger partial charge in [-0.15, -0.1) is 0 Å². The van der Waals surface area contributed by atoms with Crippen molar-refractivity contribution in [2.75, 3.05) is 20.3 Å². The van der Waals surface area contributed by atoms with Crippen molar-refractivity contribution in [2.45, 2.75) is 50.2 Å². The lowest BCUT2D eigenvalue weighted by atomic mass is 9.58. The minimum Gasteiger partial charge on any atom is -0.465 e. The molecule has 0 amide bonds. The zero-order chi connectivity index (χ0) is 17.5. The first-order valence-corrected chi connectivity index (χ1v) is 9.30. The van der Waals surface area contributed by atoms with Gasteiger partial charge < -0.3 is 14.2 Å². The maximum Gasteiger partial charge on any atom is 0.337 e. The van der Waals surface area contributed by atoms with E-state index >= 15 is 0 Å². The molecule has 1 saturated heterocycles. The zero-order valence-corrected chi connectivity index (χ0v) is 15.0. The minimum absolute atomic E-state index is 0.119. The molecule has 0 N–H and O–H groups in total. The molecule has 2 atom stereocenters. The number of benzene rings is 1. The van der Waals surface area contributed by atoms with Crippen LogP contribution in [0.25, 0.3) is 6.08 Å². The minimum atomic E-state index is -0.367. The first-order chi connectivity index (χ1) is 12.1. The van der Waals surface area contributed by atoms with E-state index in [0.29, 0.717) is 24.7 Å². The van der Waals surface area contributed by atoms with Crippen molar-refractivity contribution in [3.8, 4) is 0 Å². The summed E-state index contributed by atoms with van der Waals surface area (Å²) < 4.78 is 16.9. The smallest absolute Gasteiger partial charge is 0.337 e. The van der Waals surface area contributed by atoms with E-state index < -0.39 is 0 Å². The van der Waals surface area contributed by atoms with Crippen molar-refractivity contribution in [3.63, 3.8) is 0 Å². The molecule has 1 heterocycles. The standard InChI is InChI=1S/C21H26O4/c1-3-20-9-10-21(24-11-12-25-21)14-17(20)6-4-5-15-13-16(19(22)23-2)7-8-18(15)20/h4-5,7-8,13,17H,3,6,9-12,14H2,1-2H3/t17?,20-/m1/s1. The lowest BCUT2D eigenvalue weighted by Gasteiger charge is -2.49. The van der Waals surface area contributed by atoms with E-state index in [1.807, 2.05) is 12.1 Å². The topological polar surface area (TPSA) is 44.8 Å². The summed E-state index contributed by atoms with van der Waals surface area (Å²) >= 11 is 0. The van der Waals surface area contributed by atoms with E-state index in [0.717, 1.165) is 37.7 Å². The number of carbonyl (C=O) groups excluding carboxylic acids is 1. The molecule has 134 valence electrons. The van der Waals surface area contributed by atoms with E-state index in [-0.39, 0.29) is 17.2 Å². The van der Waals surface area contributed by atoms with Gasteiger partial charge in [0.05, 0.1) is 25.9 Å². The molecule has 2 aliphatic carbocycles. The third-order valence-corrected chi connectivity index (χ3v) is 6.46. The van der Waals surface area contributed by atoms with Crippen LogP contribution in [0.3, 0.4) is 0 Å². The lowest BCUT2D eigenvalue weighted by molar-refractivity contribution is -0.198. The van der Waals surface area contributed by atoms with Gasteiger partial charge in [0.15, 0.2) is 5.79 Å². The van der Waals surface area contributed by atoms with Gasteiger partial charge in [0, 0.05) is 12.8 Å². The van der Waals surface area contributed by atoms with E-state index in [2.05, 4.69) is 25.1 Å². The Bertz CT molecular complexity index is 702. The fourth-order valence-corrected chi connectivity index (χ4v) is 5.13. The number of hydrogen-bond acceptors (Lipinski definition) is 4. The highest BCUT2D eigenvalue weighted by molar-refractivity contribution is 5.90. The molecule has 25 heavy (non-hydrogen) atoms. The summed E-state index contributed by atoms with van der Waals surface area (Å²) in [6.07, 6.45) is 9.46. The highest BCUT2D eigenvalue weighted by atomic mass is 16.7. The SMILES string of the molecule is CC[C@@]12CCC3(CC1CC=Cc1cc(C(=O)OC)ccc12)OCCO3. The predicted octanol–water partition coefficient (Wildman–Crippen LogP) is 4.08. The Kier molecular flexibility index (Phi) is 4.20. The van der Waals surface area contributed by atoms with E-state index in [9.17, 15) is 4.79 Å². The molecule has 4 nitrogen and oxygen atoms in total. The second kappa shape index (κ2) is 6.26. The number of allylic oxidation sites excluding steroid dienone is 1. The lowest BCUT2D eigenvalue weighted by Crippen LogP contribution is -2.48. The van der Waals surface area contributed by atoms with Gasteiger partial charge in [0.25, 0.3) is 0 Å². The summed E-state index contributed by atoms with van der Waals surface area (Å²) in [5.41, 5.74) is 3.24. The highest BCUT2D eigenvalue weighted by Gasteiger charge is 2.52. The van der Waals surface area contributed by atoms with Crippen LogP contribution in [0.5, 0.6) is 0 Å². The van der Waals surface area contributed by atoms with Crippen molar-refractivity contribution in [1.29, 1.82) is 0 Å². The summed E-state index contributed by atoms with van der Waals surface area (Å²) in [6, 6.07) is 6.03. The fourth-order valence-electron chi connectivity index (χ4n) is 5.13. The second-order valence-corrected chi connectivity index (χ2v) is 7.45. The fraction of sp³-hybridized carbons (Fsp3) is 0.571. The summed E-state index contributed by atoms with van der Waals surface area (Å²) in [5, 5.41) is 0. The Labute approximate surface area is 149 Å². The molecule has 1 spiro atoms. The van der Waals surface area contributed by atoms with Gasteiger partial charge in [-0.05, 0) is 53.9 Å². The number of ether oxygens (including phenoxy) is 3. The Morgan fingerprint density at radius 1 is 1.28 bits per heavy atom. The Morgan fingerprint density at radius 2 is 2.08 bits per heavy atom. The number of carbonyl (C=O) groups is 1. The maximum absolute atomic E-state index is 11.9. The van der Waals surface area contributed by atoms with Gasteiger partial charge in [0.1, 0.15) is 0 Å². The molecule has 4 rings (SSSR count). The number of fused-ring (bicyclic) bond motifs is 3. The Balaban J connectivity index is 1.74. The molecule has 1 unspecified atom stereocenters. The molecule has 1 aromatic rings. The van der Waals surface area contributed by atoms with Crippen molar-refractivity contribution < 1.29 is 19.0 Å². The van der Waals surface area contributed by atoms with E-state index in [4.69, 9.17) is 14.2 Å². The molecule has 0 radical (unpaired) electrons. The Hall–Kier alpha value is -1.65. The molecule has 4 heteroatoms. The number of esters is 1. The van der Waals surface area contributed by atoms with E-state index in [1.165, 1.54) is 12.7 Å². The third kappa shape index (κ3) is 2.63. The summed E-state index contributed by atoms with van der Waals surface area (Å²) in [5.74, 6) is -0.156. The van der Waals surface area contributed by atoms with Crippen LogP contribution in [0.15, 0.2) is 24.3 Å². The molecule has 1 aliphatic heterocycles. The number of hydrogen-bond donors (Lipinski definition) is 0. The van der Waals surface area contributed by atoms with Crippen LogP contribution < -0.4 is 0 Å². The normalized spacial score (nSPS) is 29.8. The first kappa shape index (κ1) is 16.8. The summed E-state index contributed by atoms with van der Waals surface area (Å²) in [7, 11) is 1.43. The number of methoxy groups -OCH3 is 1. The average molecular weight is 342 g/mol. The van der Waals surface area contributed by atoms with Gasteiger partial charge >= 0.3 is 5.97 Å². The van der Waals surface area contributed by atoms with Gasteiger partial charge in [0.2, 0.25) is 0 Å². The molecule has 2 fully saturated rings. The quantitative estimate of drug-likeness (QED) is 0.760. The number of rotatable bonds is 2. The Morgan fingerprint density at radius 3 is 2.80 bits per heavy atom. The third-order valence-electron chi connectivity index (χ3n) is 6.46. The molecule has 0 aromatic heterocycles. The van der Waals surface area contributed by atoms with Crippen LogP contribution in [0.2, 0.25) is 0 Å².